The van der Waals surface area contributed by atoms with Crippen molar-refractivity contribution in [3.05, 3.63) is 99.8 Å². The van der Waals surface area contributed by atoms with Gasteiger partial charge in [-0.15, -0.1) is 84.1 Å². The van der Waals surface area contributed by atoms with Crippen LogP contribution in [0.25, 0.3) is 21.5 Å². The quantitative estimate of drug-likeness (QED) is 0.212. The Morgan fingerprint density at radius 3 is 1.25 bits per heavy atom. The van der Waals surface area contributed by atoms with E-state index in [0.717, 1.165) is 0 Å². The molecule has 4 aromatic rings. The third-order valence-corrected chi connectivity index (χ3v) is 3.10. The van der Waals surface area contributed by atoms with Crippen LogP contribution < -0.4 is 0 Å². The van der Waals surface area contributed by atoms with Gasteiger partial charge in [-0.25, -0.2) is 0 Å². The van der Waals surface area contributed by atoms with E-state index in [1.807, 2.05) is 0 Å². The second-order valence-corrected chi connectivity index (χ2v) is 4.31. The summed E-state index contributed by atoms with van der Waals surface area (Å²) < 4.78 is 0. The van der Waals surface area contributed by atoms with Crippen molar-refractivity contribution in [2.24, 2.45) is 0 Å². The van der Waals surface area contributed by atoms with Gasteiger partial charge in [0.2, 0.25) is 0 Å². The minimum absolute atomic E-state index is 0. The van der Waals surface area contributed by atoms with E-state index in [2.05, 4.69) is 91.8 Å². The van der Waals surface area contributed by atoms with Gasteiger partial charge < -0.3 is 14.9 Å². The van der Waals surface area contributed by atoms with Crippen LogP contribution in [-0.4, -0.2) is 6.88 Å². The maximum Gasteiger partial charge on any atom is -0.0809 e. The van der Waals surface area contributed by atoms with Crippen molar-refractivity contribution in [3.8, 4) is 0 Å². The van der Waals surface area contributed by atoms with Gasteiger partial charge in [-0.05, 0) is 0 Å². The Morgan fingerprint density at radius 1 is 0.583 bits per heavy atom. The Kier molecular flexibility index (Phi) is 18.6. The minimum Gasteiger partial charge on any atom is -0.168 e. The fraction of sp³-hybridized carbons (Fsp3) is 0. The number of fused-ring (bicyclic) bond motifs is 2. The van der Waals surface area contributed by atoms with Gasteiger partial charge in [-0.2, -0.15) is 35.0 Å². The molecule has 0 spiro atoms. The van der Waals surface area contributed by atoms with E-state index in [4.69, 9.17) is 0 Å². The monoisotopic (exact) mass is 450 g/mol. The Hall–Kier alpha value is -0.660. The van der Waals surface area contributed by atoms with Gasteiger partial charge >= 0.3 is 30.2 Å². The summed E-state index contributed by atoms with van der Waals surface area (Å²) in [6.45, 7) is 3.06. The van der Waals surface area contributed by atoms with Gasteiger partial charge in [0.05, 0.1) is 0 Å². The van der Waals surface area contributed by atoms with Crippen LogP contribution in [0, 0.1) is 14.9 Å². The molecular weight excluding hydrogens is 430 g/mol. The van der Waals surface area contributed by atoms with Crippen LogP contribution in [0.1, 0.15) is 0 Å². The molecule has 4 heteroatoms. The first kappa shape index (κ1) is 28.2. The molecule has 4 aromatic carbocycles. The van der Waals surface area contributed by atoms with Crippen molar-refractivity contribution in [2.45, 2.75) is 0 Å². The molecule has 0 saturated heterocycles. The molecule has 0 fully saturated rings. The molecular formula is C20H22Cl2SiZr-4. The zero-order valence-electron chi connectivity index (χ0n) is 13.9. The number of halogens is 2. The Morgan fingerprint density at radius 2 is 0.917 bits per heavy atom. The van der Waals surface area contributed by atoms with Crippen molar-refractivity contribution in [1.82, 2.24) is 0 Å². The molecule has 24 heavy (non-hydrogen) atoms. The van der Waals surface area contributed by atoms with E-state index < -0.39 is 0 Å². The van der Waals surface area contributed by atoms with E-state index in [1.165, 1.54) is 44.9 Å². The van der Waals surface area contributed by atoms with E-state index in [1.54, 1.807) is 0 Å². The molecule has 0 aliphatic heterocycles. The molecule has 0 unspecified atom stereocenters. The molecule has 0 N–H and O–H groups in total. The molecule has 0 amide bonds. The third kappa shape index (κ3) is 7.94. The normalized spacial score (nSPS) is 7.79. The van der Waals surface area contributed by atoms with Gasteiger partial charge in [0, 0.05) is 0 Å². The molecule has 0 aliphatic carbocycles. The molecule has 0 aliphatic rings. The van der Waals surface area contributed by atoms with Gasteiger partial charge in [0.15, 0.2) is 0 Å². The molecule has 128 valence electrons. The van der Waals surface area contributed by atoms with Gasteiger partial charge in [0.25, 0.3) is 0 Å². The molecule has 0 atom stereocenters. The van der Waals surface area contributed by atoms with Crippen molar-refractivity contribution < 1.29 is 23.3 Å². The van der Waals surface area contributed by atoms with E-state index in [9.17, 15) is 0 Å². The van der Waals surface area contributed by atoms with Gasteiger partial charge in [-0.1, -0.05) is 12.1 Å². The topological polar surface area (TPSA) is 0 Å². The summed E-state index contributed by atoms with van der Waals surface area (Å²) in [5.41, 5.74) is 0. The first-order chi connectivity index (χ1) is 9.93. The van der Waals surface area contributed by atoms with Crippen LogP contribution in [0.5, 0.6) is 0 Å². The molecule has 0 heterocycles. The Balaban J connectivity index is -0.000000290. The molecule has 4 rings (SSSR count). The number of hydrogen-bond donors (Lipinski definition) is 0. The molecule has 0 saturated carbocycles. The number of rotatable bonds is 0. The summed E-state index contributed by atoms with van der Waals surface area (Å²) in [7, 11) is 0. The van der Waals surface area contributed by atoms with E-state index >= 15 is 0 Å². The fourth-order valence-electron chi connectivity index (χ4n) is 2.14. The summed E-state index contributed by atoms with van der Waals surface area (Å²) in [4.78, 5) is 0. The summed E-state index contributed by atoms with van der Waals surface area (Å²) >= 11 is 1.36. The van der Waals surface area contributed by atoms with Crippen LogP contribution >= 0.6 is 24.8 Å². The summed E-state index contributed by atoms with van der Waals surface area (Å²) in [6.07, 6.45) is 0. The average molecular weight is 453 g/mol. The van der Waals surface area contributed by atoms with Crippen molar-refractivity contribution in [1.29, 1.82) is 0 Å². The maximum atomic E-state index is 3.06. The molecule has 0 nitrogen and oxygen atoms in total. The van der Waals surface area contributed by atoms with Crippen LogP contribution in [0.4, 0.5) is 0 Å². The van der Waals surface area contributed by atoms with Crippen molar-refractivity contribution in [3.63, 3.8) is 0 Å². The summed E-state index contributed by atoms with van der Waals surface area (Å²) in [6, 6.07) is 29.3. The second kappa shape index (κ2) is 15.8. The standard InChI is InChI=1S/2C9H7.2CH3.2ClH.Si.Zr/c2*1-2-5-9-7-3-6-8(9)4-1;;;;;;/h2*1-7H;2*1H3;2*1H;;/q4*-1;;;;. The van der Waals surface area contributed by atoms with E-state index in [0.29, 0.717) is 0 Å². The van der Waals surface area contributed by atoms with Crippen LogP contribution in [-0.2, 0) is 23.3 Å². The zero-order valence-corrected chi connectivity index (χ0v) is 19.0. The summed E-state index contributed by atoms with van der Waals surface area (Å²) in [5.74, 6) is 0. The minimum atomic E-state index is 0. The molecule has 0 aromatic heterocycles. The van der Waals surface area contributed by atoms with Gasteiger partial charge in [-0.3, -0.25) is 0 Å². The Labute approximate surface area is 175 Å². The maximum absolute atomic E-state index is 3.06. The predicted molar refractivity (Wildman–Crippen MR) is 112 cm³/mol. The Bertz CT molecular complexity index is 651. The summed E-state index contributed by atoms with van der Waals surface area (Å²) in [5, 5.41) is 5.32. The van der Waals surface area contributed by atoms with Crippen LogP contribution in [0.15, 0.2) is 84.9 Å². The first-order valence-electron chi connectivity index (χ1n) is 6.39. The number of hydrogen-bond acceptors (Lipinski definition) is 0. The van der Waals surface area contributed by atoms with Crippen LogP contribution in [0.2, 0.25) is 0 Å². The smallest absolute Gasteiger partial charge is 0.0809 e. The third-order valence-electron chi connectivity index (χ3n) is 3.10. The number of benzene rings is 2. The van der Waals surface area contributed by atoms with Crippen LogP contribution in [0.3, 0.4) is 0 Å². The van der Waals surface area contributed by atoms with Gasteiger partial charge in [0.1, 0.15) is 0 Å². The SMILES string of the molecule is Cl.Cl.[CH3-].[CH3-].[Si]=[Zr].c1ccc2[cH-]ccc2c1.c1ccc2[cH-]ccc2c1. The largest absolute Gasteiger partial charge is 0.168 e. The van der Waals surface area contributed by atoms with Crippen molar-refractivity contribution in [2.75, 3.05) is 0 Å². The second-order valence-electron chi connectivity index (χ2n) is 4.31. The molecule has 2 radical (unpaired) electrons. The predicted octanol–water partition coefficient (Wildman–Crippen LogP) is 6.48. The average Bonchev–Trinajstić information content (AvgIpc) is 3.18. The zero-order chi connectivity index (χ0) is 14.2. The molecule has 0 bridgehead atoms. The van der Waals surface area contributed by atoms with E-state index in [-0.39, 0.29) is 39.7 Å². The fourth-order valence-corrected chi connectivity index (χ4v) is 2.14. The first-order valence-corrected chi connectivity index (χ1v) is 10.6. The van der Waals surface area contributed by atoms with Crippen molar-refractivity contribution >= 4 is 53.2 Å².